The first kappa shape index (κ1) is 21.7. The number of nitrogens with zero attached hydrogens (tertiary/aromatic N) is 1. The summed E-state index contributed by atoms with van der Waals surface area (Å²) in [5.41, 5.74) is 12.8. The van der Waals surface area contributed by atoms with Crippen molar-refractivity contribution in [3.05, 3.63) is 93.7 Å². The van der Waals surface area contributed by atoms with Gasteiger partial charge in [0.25, 0.3) is 0 Å². The van der Waals surface area contributed by atoms with Crippen LogP contribution in [0.1, 0.15) is 75.8 Å². The van der Waals surface area contributed by atoms with Crippen LogP contribution in [-0.2, 0) is 10.8 Å². The summed E-state index contributed by atoms with van der Waals surface area (Å²) in [6, 6.07) is 13.8. The topological polar surface area (TPSA) is 3.24 Å². The Bertz CT molecular complexity index is 1120. The predicted molar refractivity (Wildman–Crippen MR) is 136 cm³/mol. The van der Waals surface area contributed by atoms with E-state index in [2.05, 4.69) is 115 Å². The molecule has 0 N–H and O–H groups in total. The summed E-state index contributed by atoms with van der Waals surface area (Å²) in [6.45, 7) is 19.4. The van der Waals surface area contributed by atoms with Crippen LogP contribution in [0.5, 0.6) is 0 Å². The van der Waals surface area contributed by atoms with Gasteiger partial charge in [-0.05, 0) is 67.2 Å². The lowest BCUT2D eigenvalue weighted by Gasteiger charge is -2.26. The number of benzene rings is 2. The minimum absolute atomic E-state index is 0.00887. The molecule has 2 aliphatic rings. The Balaban J connectivity index is 1.75. The second-order valence-electron chi connectivity index (χ2n) is 10.2. The molecule has 0 unspecified atom stereocenters. The van der Waals surface area contributed by atoms with Crippen LogP contribution in [-0.4, -0.2) is 6.54 Å². The van der Waals surface area contributed by atoms with Crippen molar-refractivity contribution in [2.24, 2.45) is 0 Å². The predicted octanol–water partition coefficient (Wildman–Crippen LogP) is 8.02. The Morgan fingerprint density at radius 2 is 1.48 bits per heavy atom. The van der Waals surface area contributed by atoms with Crippen LogP contribution >= 0.6 is 0 Å². The average molecular weight is 412 g/mol. The fraction of sp³-hybridized carbons (Fsp3) is 0.400. The highest BCUT2D eigenvalue weighted by molar-refractivity contribution is 5.82. The fourth-order valence-electron chi connectivity index (χ4n) is 5.66. The maximum Gasteiger partial charge on any atom is 0.0450 e. The first-order valence-corrected chi connectivity index (χ1v) is 11.8. The molecule has 0 spiro atoms. The number of allylic oxidation sites excluding steroid dienone is 6. The third kappa shape index (κ3) is 3.30. The molecule has 0 saturated carbocycles. The van der Waals surface area contributed by atoms with Crippen LogP contribution in [0.3, 0.4) is 0 Å². The van der Waals surface area contributed by atoms with Gasteiger partial charge < -0.3 is 4.90 Å². The smallest absolute Gasteiger partial charge is 0.0450 e. The van der Waals surface area contributed by atoms with E-state index in [4.69, 9.17) is 0 Å². The Kier molecular flexibility index (Phi) is 5.28. The first-order chi connectivity index (χ1) is 14.6. The summed E-state index contributed by atoms with van der Waals surface area (Å²) in [6.07, 6.45) is 8.08. The molecule has 1 heterocycles. The van der Waals surface area contributed by atoms with Crippen molar-refractivity contribution < 1.29 is 0 Å². The molecule has 0 atom stereocenters. The minimum atomic E-state index is 0.00887. The molecule has 4 rings (SSSR count). The molecule has 2 aromatic carbocycles. The molecule has 0 fully saturated rings. The average Bonchev–Trinajstić information content (AvgIpc) is 3.06. The highest BCUT2D eigenvalue weighted by Gasteiger charge is 2.39. The van der Waals surface area contributed by atoms with Crippen molar-refractivity contribution in [3.8, 4) is 0 Å². The molecule has 0 aromatic heterocycles. The van der Waals surface area contributed by atoms with Crippen molar-refractivity contribution in [1.82, 2.24) is 0 Å². The molecule has 162 valence electrons. The molecule has 0 saturated heterocycles. The van der Waals surface area contributed by atoms with E-state index < -0.39 is 0 Å². The van der Waals surface area contributed by atoms with Crippen molar-refractivity contribution in [1.29, 1.82) is 0 Å². The highest BCUT2D eigenvalue weighted by atomic mass is 15.2. The highest BCUT2D eigenvalue weighted by Crippen LogP contribution is 2.49. The van der Waals surface area contributed by atoms with Gasteiger partial charge in [0.05, 0.1) is 0 Å². The SMILES string of the molecule is CCC1=C(C=CC=C2N(CC)c3ccc(C)cc3C2(C)C)C(C)(C)c2cc(C)ccc21. The zero-order valence-corrected chi connectivity index (χ0v) is 20.6. The lowest BCUT2D eigenvalue weighted by Crippen LogP contribution is -2.25. The Labute approximate surface area is 189 Å². The number of fused-ring (bicyclic) bond motifs is 2. The van der Waals surface area contributed by atoms with Crippen molar-refractivity contribution >= 4 is 11.3 Å². The van der Waals surface area contributed by atoms with E-state index >= 15 is 0 Å². The Hall–Kier alpha value is -2.54. The minimum Gasteiger partial charge on any atom is -0.344 e. The zero-order valence-electron chi connectivity index (χ0n) is 20.6. The van der Waals surface area contributed by atoms with E-state index in [1.165, 1.54) is 50.3 Å². The summed E-state index contributed by atoms with van der Waals surface area (Å²) in [5.74, 6) is 0. The first-order valence-electron chi connectivity index (χ1n) is 11.8. The number of aryl methyl sites for hydroxylation is 2. The van der Waals surface area contributed by atoms with Crippen molar-refractivity contribution in [2.75, 3.05) is 11.4 Å². The molecule has 0 amide bonds. The summed E-state index contributed by atoms with van der Waals surface area (Å²) in [5, 5.41) is 0. The van der Waals surface area contributed by atoms with Gasteiger partial charge in [-0.25, -0.2) is 0 Å². The number of anilines is 1. The van der Waals surface area contributed by atoms with Crippen LogP contribution < -0.4 is 4.90 Å². The number of rotatable bonds is 4. The normalized spacial score (nSPS) is 20.1. The number of likely N-dealkylation sites (N-methyl/N-ethyl adjacent to an activating group) is 1. The van der Waals surface area contributed by atoms with Gasteiger partial charge in [0.1, 0.15) is 0 Å². The van der Waals surface area contributed by atoms with Crippen LogP contribution in [0.4, 0.5) is 5.69 Å². The molecular weight excluding hydrogens is 374 g/mol. The van der Waals surface area contributed by atoms with Gasteiger partial charge in [-0.3, -0.25) is 0 Å². The van der Waals surface area contributed by atoms with E-state index in [9.17, 15) is 0 Å². The molecule has 1 heteroatoms. The maximum absolute atomic E-state index is 2.48. The van der Waals surface area contributed by atoms with Gasteiger partial charge in [0.2, 0.25) is 0 Å². The number of hydrogen-bond donors (Lipinski definition) is 0. The lowest BCUT2D eigenvalue weighted by molar-refractivity contribution is 0.633. The van der Waals surface area contributed by atoms with Gasteiger partial charge in [-0.2, -0.15) is 0 Å². The standard InChI is InChI=1S/C30H37N/c1-9-22-23-16-14-20(3)18-25(23)29(5,6)24(22)12-11-13-28-30(7,8)26-19-21(4)15-17-27(26)31(28)10-2/h11-19H,9-10H2,1-8H3. The molecule has 2 aromatic rings. The van der Waals surface area contributed by atoms with E-state index in [0.29, 0.717) is 0 Å². The number of hydrogen-bond acceptors (Lipinski definition) is 1. The second-order valence-corrected chi connectivity index (χ2v) is 10.2. The van der Waals surface area contributed by atoms with Crippen molar-refractivity contribution in [3.63, 3.8) is 0 Å². The largest absolute Gasteiger partial charge is 0.344 e. The summed E-state index contributed by atoms with van der Waals surface area (Å²) in [7, 11) is 0. The van der Waals surface area contributed by atoms with Gasteiger partial charge >= 0.3 is 0 Å². The van der Waals surface area contributed by atoms with Crippen LogP contribution in [0.15, 0.2) is 65.9 Å². The quantitative estimate of drug-likeness (QED) is 0.492. The summed E-state index contributed by atoms with van der Waals surface area (Å²) >= 11 is 0. The zero-order chi connectivity index (χ0) is 22.6. The summed E-state index contributed by atoms with van der Waals surface area (Å²) in [4.78, 5) is 2.48. The molecule has 31 heavy (non-hydrogen) atoms. The van der Waals surface area contributed by atoms with Gasteiger partial charge in [0, 0.05) is 28.8 Å². The van der Waals surface area contributed by atoms with Crippen LogP contribution in [0, 0.1) is 13.8 Å². The molecule has 0 radical (unpaired) electrons. The molecule has 0 bridgehead atoms. The third-order valence-electron chi connectivity index (χ3n) is 7.41. The van der Waals surface area contributed by atoms with E-state index in [1.807, 2.05) is 0 Å². The molecule has 1 nitrogen and oxygen atoms in total. The Morgan fingerprint density at radius 1 is 0.839 bits per heavy atom. The lowest BCUT2D eigenvalue weighted by atomic mass is 9.80. The summed E-state index contributed by atoms with van der Waals surface area (Å²) < 4.78 is 0. The van der Waals surface area contributed by atoms with Gasteiger partial charge in [-0.15, -0.1) is 0 Å². The van der Waals surface area contributed by atoms with Crippen molar-refractivity contribution in [2.45, 2.75) is 72.6 Å². The second kappa shape index (κ2) is 7.55. The van der Waals surface area contributed by atoms with Crippen LogP contribution in [0.25, 0.3) is 5.57 Å². The molecule has 1 aliphatic heterocycles. The van der Waals surface area contributed by atoms with Crippen LogP contribution in [0.2, 0.25) is 0 Å². The van der Waals surface area contributed by atoms with E-state index in [0.717, 1.165) is 13.0 Å². The monoisotopic (exact) mass is 411 g/mol. The molecular formula is C30H37N. The maximum atomic E-state index is 2.48. The molecule has 1 aliphatic carbocycles. The van der Waals surface area contributed by atoms with E-state index in [1.54, 1.807) is 0 Å². The fourth-order valence-corrected chi connectivity index (χ4v) is 5.66. The van der Waals surface area contributed by atoms with Gasteiger partial charge in [0.15, 0.2) is 0 Å². The van der Waals surface area contributed by atoms with Gasteiger partial charge in [-0.1, -0.05) is 88.2 Å². The Morgan fingerprint density at radius 3 is 2.13 bits per heavy atom. The van der Waals surface area contributed by atoms with E-state index in [-0.39, 0.29) is 10.8 Å². The third-order valence-corrected chi connectivity index (χ3v) is 7.41.